The summed E-state index contributed by atoms with van der Waals surface area (Å²) in [5, 5.41) is 14.1. The van der Waals surface area contributed by atoms with Crippen LogP contribution in [0.15, 0.2) is 12.3 Å². The van der Waals surface area contributed by atoms with Crippen molar-refractivity contribution < 1.29 is 13.5 Å². The van der Waals surface area contributed by atoms with Gasteiger partial charge in [-0.05, 0) is 30.4 Å². The van der Waals surface area contributed by atoms with Crippen LogP contribution in [-0.2, 0) is 16.8 Å². The van der Waals surface area contributed by atoms with E-state index in [1.807, 2.05) is 0 Å². The molecule has 0 atom stereocenters. The molecule has 3 N–H and O–H groups in total. The zero-order chi connectivity index (χ0) is 10.3. The van der Waals surface area contributed by atoms with Gasteiger partial charge in [0.2, 0.25) is 0 Å². The van der Waals surface area contributed by atoms with Gasteiger partial charge in [-0.1, -0.05) is 0 Å². The van der Waals surface area contributed by atoms with Crippen molar-refractivity contribution >= 4 is 10.2 Å². The second kappa shape index (κ2) is 3.08. The maximum absolute atomic E-state index is 11.1. The molecule has 0 aromatic carbocycles. The molecule has 0 amide bonds. The molecule has 0 spiro atoms. The molecular weight excluding hydrogens is 204 g/mol. The maximum Gasteiger partial charge on any atom is 0.302 e. The first-order valence-corrected chi connectivity index (χ1v) is 5.88. The molecule has 0 aliphatic heterocycles. The molecule has 1 fully saturated rings. The van der Waals surface area contributed by atoms with Crippen LogP contribution in [0.3, 0.4) is 0 Å². The minimum absolute atomic E-state index is 0.296. The van der Waals surface area contributed by atoms with E-state index in [1.165, 1.54) is 6.20 Å². The monoisotopic (exact) mass is 216 g/mol. The van der Waals surface area contributed by atoms with Crippen LogP contribution in [0.4, 0.5) is 0 Å². The van der Waals surface area contributed by atoms with Crippen molar-refractivity contribution in [2.75, 3.05) is 0 Å². The van der Waals surface area contributed by atoms with E-state index in [2.05, 4.69) is 0 Å². The first-order valence-electron chi connectivity index (χ1n) is 4.38. The molecule has 0 unspecified atom stereocenters. The number of nitrogens with zero attached hydrogens (tertiary/aromatic N) is 1. The summed E-state index contributed by atoms with van der Waals surface area (Å²) in [5.41, 5.74) is 1.30. The van der Waals surface area contributed by atoms with Gasteiger partial charge in [0.05, 0.1) is 12.3 Å². The van der Waals surface area contributed by atoms with Crippen LogP contribution in [-0.4, -0.2) is 17.5 Å². The average molecular weight is 216 g/mol. The summed E-state index contributed by atoms with van der Waals surface area (Å²) in [6.45, 7) is -0.296. The average Bonchev–Trinajstić information content (AvgIpc) is 2.82. The Balaban J connectivity index is 2.51. The first-order chi connectivity index (χ1) is 6.54. The number of nitrogens with two attached hydrogens (primary N) is 1. The Kier molecular flexibility index (Phi) is 2.13. The van der Waals surface area contributed by atoms with Gasteiger partial charge < -0.3 is 5.11 Å². The van der Waals surface area contributed by atoms with Gasteiger partial charge in [-0.2, -0.15) is 8.42 Å². The maximum atomic E-state index is 11.1. The Hall–Kier alpha value is -0.850. The van der Waals surface area contributed by atoms with Gasteiger partial charge in [0.15, 0.2) is 0 Å². The van der Waals surface area contributed by atoms with Crippen molar-refractivity contribution in [1.82, 2.24) is 3.97 Å². The highest BCUT2D eigenvalue weighted by Gasteiger charge is 2.29. The van der Waals surface area contributed by atoms with Crippen LogP contribution >= 0.6 is 0 Å². The van der Waals surface area contributed by atoms with Crippen molar-refractivity contribution in [2.45, 2.75) is 25.4 Å². The van der Waals surface area contributed by atoms with Crippen molar-refractivity contribution in [3.05, 3.63) is 23.5 Å². The Bertz CT molecular complexity index is 445. The Labute approximate surface area is 82.3 Å². The molecule has 0 radical (unpaired) electrons. The van der Waals surface area contributed by atoms with Crippen molar-refractivity contribution in [3.63, 3.8) is 0 Å². The molecule has 1 aromatic rings. The van der Waals surface area contributed by atoms with Crippen molar-refractivity contribution in [1.29, 1.82) is 0 Å². The largest absolute Gasteiger partial charge is 0.390 e. The van der Waals surface area contributed by atoms with E-state index < -0.39 is 10.2 Å². The molecule has 1 saturated carbocycles. The second-order valence-corrected chi connectivity index (χ2v) is 4.91. The van der Waals surface area contributed by atoms with Crippen LogP contribution in [0.1, 0.15) is 30.0 Å². The molecule has 78 valence electrons. The SMILES string of the molecule is NS(=O)(=O)n1ccc(C2CC2)c1CO. The second-order valence-electron chi connectivity index (χ2n) is 3.49. The molecular formula is C8H12N2O3S. The molecule has 14 heavy (non-hydrogen) atoms. The van der Waals surface area contributed by atoms with Gasteiger partial charge in [0.25, 0.3) is 0 Å². The zero-order valence-electron chi connectivity index (χ0n) is 7.55. The van der Waals surface area contributed by atoms with E-state index in [9.17, 15) is 8.42 Å². The van der Waals surface area contributed by atoms with E-state index >= 15 is 0 Å². The fourth-order valence-corrected chi connectivity index (χ4v) is 2.33. The third-order valence-electron chi connectivity index (χ3n) is 2.43. The first kappa shape index (κ1) is 9.70. The third kappa shape index (κ3) is 1.56. The molecule has 1 heterocycles. The highest BCUT2D eigenvalue weighted by atomic mass is 32.2. The standard InChI is InChI=1S/C8H12N2O3S/c9-14(12,13)10-4-3-7(6-1-2-6)8(10)5-11/h3-4,6,11H,1-2,5H2,(H2,9,12,13). The van der Waals surface area contributed by atoms with Crippen LogP contribution in [0.5, 0.6) is 0 Å². The number of aliphatic hydroxyl groups is 1. The highest BCUT2D eigenvalue weighted by molar-refractivity contribution is 7.87. The Morgan fingerprint density at radius 2 is 2.21 bits per heavy atom. The lowest BCUT2D eigenvalue weighted by Gasteiger charge is -2.05. The molecule has 2 rings (SSSR count). The predicted octanol–water partition coefficient (Wildman–Crippen LogP) is -0.0906. The van der Waals surface area contributed by atoms with Crippen molar-refractivity contribution in [2.24, 2.45) is 5.14 Å². The fraction of sp³-hybridized carbons (Fsp3) is 0.500. The van der Waals surface area contributed by atoms with Gasteiger partial charge in [-0.3, -0.25) is 0 Å². The lowest BCUT2D eigenvalue weighted by molar-refractivity contribution is 0.274. The number of aromatic nitrogens is 1. The fourth-order valence-electron chi connectivity index (χ4n) is 1.63. The lowest BCUT2D eigenvalue weighted by atomic mass is 10.1. The quantitative estimate of drug-likeness (QED) is 0.740. The van der Waals surface area contributed by atoms with Gasteiger partial charge >= 0.3 is 10.2 Å². The van der Waals surface area contributed by atoms with Crippen molar-refractivity contribution in [3.8, 4) is 0 Å². The van der Waals surface area contributed by atoms with E-state index in [-0.39, 0.29) is 6.61 Å². The topological polar surface area (TPSA) is 85.3 Å². The van der Waals surface area contributed by atoms with Crippen LogP contribution in [0, 0.1) is 0 Å². The summed E-state index contributed by atoms with van der Waals surface area (Å²) in [4.78, 5) is 0. The highest BCUT2D eigenvalue weighted by Crippen LogP contribution is 2.42. The van der Waals surface area contributed by atoms with E-state index in [0.29, 0.717) is 11.6 Å². The number of hydrogen-bond acceptors (Lipinski definition) is 3. The molecule has 6 heteroatoms. The summed E-state index contributed by atoms with van der Waals surface area (Å²) < 4.78 is 23.1. The molecule has 1 aromatic heterocycles. The molecule has 0 bridgehead atoms. The minimum atomic E-state index is -3.77. The van der Waals surface area contributed by atoms with Crippen LogP contribution < -0.4 is 5.14 Å². The Morgan fingerprint density at radius 1 is 1.57 bits per heavy atom. The van der Waals surface area contributed by atoms with Gasteiger partial charge in [-0.25, -0.2) is 9.11 Å². The number of hydrogen-bond donors (Lipinski definition) is 2. The normalized spacial score (nSPS) is 17.3. The van der Waals surface area contributed by atoms with E-state index in [1.54, 1.807) is 6.07 Å². The molecule has 5 nitrogen and oxygen atoms in total. The molecule has 0 saturated heterocycles. The number of aliphatic hydroxyl groups excluding tert-OH is 1. The molecule has 1 aliphatic rings. The van der Waals surface area contributed by atoms with Crippen LogP contribution in [0.2, 0.25) is 0 Å². The predicted molar refractivity (Wildman–Crippen MR) is 50.8 cm³/mol. The lowest BCUT2D eigenvalue weighted by Crippen LogP contribution is -2.23. The summed E-state index contributed by atoms with van der Waals surface area (Å²) in [6, 6.07) is 1.72. The molecule has 1 aliphatic carbocycles. The summed E-state index contributed by atoms with van der Waals surface area (Å²) in [6.07, 6.45) is 3.51. The van der Waals surface area contributed by atoms with Gasteiger partial charge in [-0.15, -0.1) is 0 Å². The Morgan fingerprint density at radius 3 is 2.64 bits per heavy atom. The zero-order valence-corrected chi connectivity index (χ0v) is 8.37. The minimum Gasteiger partial charge on any atom is -0.390 e. The van der Waals surface area contributed by atoms with Crippen LogP contribution in [0.25, 0.3) is 0 Å². The summed E-state index contributed by atoms with van der Waals surface area (Å²) in [7, 11) is -3.77. The smallest absolute Gasteiger partial charge is 0.302 e. The van der Waals surface area contributed by atoms with E-state index in [0.717, 1.165) is 22.4 Å². The van der Waals surface area contributed by atoms with Gasteiger partial charge in [0.1, 0.15) is 0 Å². The summed E-state index contributed by atoms with van der Waals surface area (Å²) in [5.74, 6) is 0.403. The number of rotatable bonds is 3. The van der Waals surface area contributed by atoms with Gasteiger partial charge in [0, 0.05) is 6.20 Å². The summed E-state index contributed by atoms with van der Waals surface area (Å²) >= 11 is 0. The third-order valence-corrected chi connectivity index (χ3v) is 3.32. The van der Waals surface area contributed by atoms with E-state index in [4.69, 9.17) is 10.2 Å².